The van der Waals surface area contributed by atoms with Crippen molar-refractivity contribution in [2.45, 2.75) is 25.8 Å². The van der Waals surface area contributed by atoms with Crippen molar-refractivity contribution in [2.24, 2.45) is 0 Å². The van der Waals surface area contributed by atoms with Gasteiger partial charge in [-0.15, -0.1) is 0 Å². The van der Waals surface area contributed by atoms with Crippen molar-refractivity contribution in [1.82, 2.24) is 4.57 Å². The second kappa shape index (κ2) is 4.53. The molecule has 1 aromatic heterocycles. The topological polar surface area (TPSA) is 48.3 Å². The predicted molar refractivity (Wildman–Crippen MR) is 72.5 cm³/mol. The van der Waals surface area contributed by atoms with E-state index in [1.807, 2.05) is 18.2 Å². The van der Waals surface area contributed by atoms with Gasteiger partial charge in [0, 0.05) is 23.0 Å². The van der Waals surface area contributed by atoms with Crippen molar-refractivity contribution in [3.05, 3.63) is 45.9 Å². The zero-order valence-corrected chi connectivity index (χ0v) is 10.8. The van der Waals surface area contributed by atoms with Gasteiger partial charge in [0.2, 0.25) is 0 Å². The number of ether oxygens (including phenoxy) is 1. The predicted octanol–water partition coefficient (Wildman–Crippen LogP) is 2.12. The third kappa shape index (κ3) is 1.75. The lowest BCUT2D eigenvalue weighted by Gasteiger charge is -2.22. The summed E-state index contributed by atoms with van der Waals surface area (Å²) in [6.07, 6.45) is 2.73. The summed E-state index contributed by atoms with van der Waals surface area (Å²) in [5.41, 5.74) is 1.37. The lowest BCUT2D eigenvalue weighted by Crippen LogP contribution is -2.30. The van der Waals surface area contributed by atoms with Gasteiger partial charge in [-0.3, -0.25) is 4.79 Å². The molecule has 4 heteroatoms. The standard InChI is InChI=1S/C15H15NO3/c1-19-15(18)13-10-6-2-3-7-11(10)14(17)16-9-5-4-8-12(13)16/h2-3,6-7H,4-5,8-9H2,1H3. The Morgan fingerprint density at radius 1 is 1.21 bits per heavy atom. The van der Waals surface area contributed by atoms with Crippen molar-refractivity contribution in [2.75, 3.05) is 7.11 Å². The molecule has 0 N–H and O–H groups in total. The van der Waals surface area contributed by atoms with E-state index in [0.717, 1.165) is 25.0 Å². The molecule has 0 bridgehead atoms. The maximum atomic E-state index is 12.4. The van der Waals surface area contributed by atoms with Crippen LogP contribution in [0.1, 0.15) is 28.9 Å². The first-order valence-corrected chi connectivity index (χ1v) is 6.46. The molecular weight excluding hydrogens is 242 g/mol. The van der Waals surface area contributed by atoms with Crippen LogP contribution >= 0.6 is 0 Å². The van der Waals surface area contributed by atoms with Crippen LogP contribution in [0.4, 0.5) is 0 Å². The molecule has 0 unspecified atom stereocenters. The van der Waals surface area contributed by atoms with Crippen LogP contribution in [-0.2, 0) is 17.7 Å². The minimum Gasteiger partial charge on any atom is -0.465 e. The Bertz CT molecular complexity index is 715. The zero-order chi connectivity index (χ0) is 13.4. The summed E-state index contributed by atoms with van der Waals surface area (Å²) < 4.78 is 6.63. The SMILES string of the molecule is COC(=O)c1c2n(c(=O)c3ccccc13)CCCC2. The summed E-state index contributed by atoms with van der Waals surface area (Å²) in [7, 11) is 1.38. The molecular formula is C15H15NO3. The first-order chi connectivity index (χ1) is 9.24. The van der Waals surface area contributed by atoms with E-state index in [2.05, 4.69) is 0 Å². The first-order valence-electron chi connectivity index (χ1n) is 6.46. The Hall–Kier alpha value is -2.10. The second-order valence-corrected chi connectivity index (χ2v) is 4.77. The fourth-order valence-electron chi connectivity index (χ4n) is 2.83. The van der Waals surface area contributed by atoms with Crippen LogP contribution in [0.25, 0.3) is 10.8 Å². The molecule has 2 heterocycles. The van der Waals surface area contributed by atoms with E-state index in [1.54, 1.807) is 10.6 Å². The minimum atomic E-state index is -0.359. The number of rotatable bonds is 1. The van der Waals surface area contributed by atoms with Crippen molar-refractivity contribution in [3.8, 4) is 0 Å². The smallest absolute Gasteiger partial charge is 0.340 e. The highest BCUT2D eigenvalue weighted by atomic mass is 16.5. The monoisotopic (exact) mass is 257 g/mol. The molecule has 98 valence electrons. The Kier molecular flexibility index (Phi) is 2.85. The Morgan fingerprint density at radius 3 is 2.68 bits per heavy atom. The van der Waals surface area contributed by atoms with Gasteiger partial charge in [0.25, 0.3) is 5.56 Å². The number of methoxy groups -OCH3 is 1. The number of esters is 1. The summed E-state index contributed by atoms with van der Waals surface area (Å²) in [6.45, 7) is 0.684. The minimum absolute atomic E-state index is 0.00190. The van der Waals surface area contributed by atoms with Gasteiger partial charge in [-0.1, -0.05) is 18.2 Å². The number of hydrogen-bond acceptors (Lipinski definition) is 3. The van der Waals surface area contributed by atoms with Crippen molar-refractivity contribution in [1.29, 1.82) is 0 Å². The summed E-state index contributed by atoms with van der Waals surface area (Å²) in [5, 5.41) is 1.29. The van der Waals surface area contributed by atoms with Gasteiger partial charge in [0.15, 0.2) is 0 Å². The maximum Gasteiger partial charge on any atom is 0.340 e. The van der Waals surface area contributed by atoms with E-state index in [1.165, 1.54) is 7.11 Å². The highest BCUT2D eigenvalue weighted by Gasteiger charge is 2.23. The highest BCUT2D eigenvalue weighted by Crippen LogP contribution is 2.24. The number of nitrogens with zero attached hydrogens (tertiary/aromatic N) is 1. The number of hydrogen-bond donors (Lipinski definition) is 0. The molecule has 2 aromatic rings. The van der Waals surface area contributed by atoms with Crippen LogP contribution in [0.3, 0.4) is 0 Å². The fraction of sp³-hybridized carbons (Fsp3) is 0.333. The lowest BCUT2D eigenvalue weighted by molar-refractivity contribution is 0.0600. The molecule has 0 aliphatic carbocycles. The van der Waals surface area contributed by atoms with Crippen LogP contribution in [0, 0.1) is 0 Å². The Labute approximate surface area is 110 Å². The largest absolute Gasteiger partial charge is 0.465 e. The second-order valence-electron chi connectivity index (χ2n) is 4.77. The van der Waals surface area contributed by atoms with Gasteiger partial charge in [0.1, 0.15) is 0 Å². The fourth-order valence-corrected chi connectivity index (χ4v) is 2.83. The molecule has 0 saturated heterocycles. The van der Waals surface area contributed by atoms with E-state index < -0.39 is 0 Å². The van der Waals surface area contributed by atoms with E-state index in [0.29, 0.717) is 22.9 Å². The molecule has 1 aromatic carbocycles. The molecule has 0 saturated carbocycles. The quantitative estimate of drug-likeness (QED) is 0.735. The normalized spacial score (nSPS) is 14.2. The highest BCUT2D eigenvalue weighted by molar-refractivity contribution is 6.05. The van der Waals surface area contributed by atoms with Crippen molar-refractivity contribution >= 4 is 16.7 Å². The number of carbonyl (C=O) groups is 1. The average molecular weight is 257 g/mol. The molecule has 3 rings (SSSR count). The van der Waals surface area contributed by atoms with Gasteiger partial charge >= 0.3 is 5.97 Å². The molecule has 0 spiro atoms. The van der Waals surface area contributed by atoms with Crippen LogP contribution in [0.15, 0.2) is 29.1 Å². The van der Waals surface area contributed by atoms with Crippen LogP contribution in [-0.4, -0.2) is 17.6 Å². The molecule has 0 radical (unpaired) electrons. The van der Waals surface area contributed by atoms with Crippen molar-refractivity contribution in [3.63, 3.8) is 0 Å². The summed E-state index contributed by atoms with van der Waals surface area (Å²) in [6, 6.07) is 7.25. The zero-order valence-electron chi connectivity index (χ0n) is 10.8. The molecule has 1 aliphatic heterocycles. The van der Waals surface area contributed by atoms with Gasteiger partial charge in [-0.05, 0) is 25.3 Å². The van der Waals surface area contributed by atoms with Crippen molar-refractivity contribution < 1.29 is 9.53 Å². The number of fused-ring (bicyclic) bond motifs is 2. The maximum absolute atomic E-state index is 12.4. The Balaban J connectivity index is 2.47. The number of pyridine rings is 1. The molecule has 1 aliphatic rings. The van der Waals surface area contributed by atoms with Gasteiger partial charge < -0.3 is 9.30 Å². The van der Waals surface area contributed by atoms with Crippen LogP contribution in [0.5, 0.6) is 0 Å². The number of benzene rings is 1. The van der Waals surface area contributed by atoms with Crippen LogP contribution < -0.4 is 5.56 Å². The summed E-state index contributed by atoms with van der Waals surface area (Å²) in [4.78, 5) is 24.5. The summed E-state index contributed by atoms with van der Waals surface area (Å²) in [5.74, 6) is -0.359. The van der Waals surface area contributed by atoms with Crippen LogP contribution in [0.2, 0.25) is 0 Å². The number of aromatic nitrogens is 1. The molecule has 4 nitrogen and oxygen atoms in total. The Morgan fingerprint density at radius 2 is 1.95 bits per heavy atom. The molecule has 0 atom stereocenters. The summed E-state index contributed by atoms with van der Waals surface area (Å²) >= 11 is 0. The number of carbonyl (C=O) groups excluding carboxylic acids is 1. The van der Waals surface area contributed by atoms with E-state index in [4.69, 9.17) is 4.74 Å². The molecule has 19 heavy (non-hydrogen) atoms. The molecule has 0 fully saturated rings. The third-order valence-corrected chi connectivity index (χ3v) is 3.72. The van der Waals surface area contributed by atoms with Gasteiger partial charge in [-0.2, -0.15) is 0 Å². The van der Waals surface area contributed by atoms with Gasteiger partial charge in [0.05, 0.1) is 12.7 Å². The third-order valence-electron chi connectivity index (χ3n) is 3.72. The lowest BCUT2D eigenvalue weighted by atomic mass is 9.98. The van der Waals surface area contributed by atoms with E-state index >= 15 is 0 Å². The van der Waals surface area contributed by atoms with E-state index in [9.17, 15) is 9.59 Å². The molecule has 0 amide bonds. The average Bonchev–Trinajstić information content (AvgIpc) is 2.47. The van der Waals surface area contributed by atoms with E-state index in [-0.39, 0.29) is 11.5 Å². The first kappa shape index (κ1) is 12.0. The van der Waals surface area contributed by atoms with Gasteiger partial charge in [-0.25, -0.2) is 4.79 Å².